The van der Waals surface area contributed by atoms with E-state index in [4.69, 9.17) is 4.74 Å². The third-order valence-electron chi connectivity index (χ3n) is 6.22. The minimum Gasteiger partial charge on any atom is -0.444 e. The number of alkyl carbamates (subject to hydrolysis) is 1. The molecule has 8 nitrogen and oxygen atoms in total. The lowest BCUT2D eigenvalue weighted by molar-refractivity contribution is -0.128. The molecule has 34 heavy (non-hydrogen) atoms. The van der Waals surface area contributed by atoms with Crippen molar-refractivity contribution < 1.29 is 19.1 Å². The molecule has 8 heteroatoms. The molecule has 1 fully saturated rings. The summed E-state index contributed by atoms with van der Waals surface area (Å²) in [7, 11) is 0. The summed E-state index contributed by atoms with van der Waals surface area (Å²) < 4.78 is 5.50. The molecule has 1 atom stereocenters. The van der Waals surface area contributed by atoms with E-state index in [9.17, 15) is 14.4 Å². The van der Waals surface area contributed by atoms with Crippen LogP contribution in [0.2, 0.25) is 0 Å². The first-order valence-corrected chi connectivity index (χ1v) is 12.2. The van der Waals surface area contributed by atoms with Crippen molar-refractivity contribution in [2.75, 3.05) is 6.54 Å². The van der Waals surface area contributed by atoms with Crippen LogP contribution in [0, 0.1) is 0 Å². The van der Waals surface area contributed by atoms with Crippen LogP contribution in [-0.2, 0) is 20.7 Å². The molecule has 1 aromatic heterocycles. The van der Waals surface area contributed by atoms with Crippen molar-refractivity contribution in [1.29, 1.82) is 0 Å². The Bertz CT molecular complexity index is 1000. The van der Waals surface area contributed by atoms with Crippen LogP contribution in [0.4, 0.5) is 4.79 Å². The Morgan fingerprint density at radius 3 is 2.41 bits per heavy atom. The molecule has 186 valence electrons. The monoisotopic (exact) mass is 470 g/mol. The van der Waals surface area contributed by atoms with E-state index in [0.717, 1.165) is 55.0 Å². The largest absolute Gasteiger partial charge is 0.444 e. The molecule has 3 rings (SSSR count). The van der Waals surface area contributed by atoms with E-state index in [1.54, 1.807) is 0 Å². The van der Waals surface area contributed by atoms with E-state index in [-0.39, 0.29) is 18.4 Å². The van der Waals surface area contributed by atoms with Crippen LogP contribution < -0.4 is 16.0 Å². The maximum Gasteiger partial charge on any atom is 0.408 e. The van der Waals surface area contributed by atoms with Crippen molar-refractivity contribution in [2.24, 2.45) is 0 Å². The maximum absolute atomic E-state index is 13.2. The van der Waals surface area contributed by atoms with E-state index >= 15 is 0 Å². The minimum absolute atomic E-state index is 0.268. The molecule has 1 aromatic carbocycles. The summed E-state index contributed by atoms with van der Waals surface area (Å²) in [6, 6.07) is 7.15. The first-order valence-electron chi connectivity index (χ1n) is 12.2. The smallest absolute Gasteiger partial charge is 0.408 e. The van der Waals surface area contributed by atoms with Crippen LogP contribution in [0.3, 0.4) is 0 Å². The van der Waals surface area contributed by atoms with Gasteiger partial charge >= 0.3 is 6.09 Å². The third kappa shape index (κ3) is 7.23. The number of carbonyl (C=O) groups excluding carboxylic acids is 3. The van der Waals surface area contributed by atoms with Crippen LogP contribution in [0.1, 0.15) is 71.8 Å². The fraction of sp³-hybridized carbons (Fsp3) is 0.577. The summed E-state index contributed by atoms with van der Waals surface area (Å²) >= 11 is 0. The first kappa shape index (κ1) is 25.6. The minimum atomic E-state index is -0.721. The van der Waals surface area contributed by atoms with Gasteiger partial charge < -0.3 is 25.7 Å². The summed E-state index contributed by atoms with van der Waals surface area (Å²) in [5.74, 6) is -0.536. The number of rotatable bonds is 7. The standard InChI is InChI=1S/C26H38N4O4/c1-18(31)29-22(15-19-16-27-21-12-8-7-11-20(19)21)23(32)28-17-26(13-9-5-6-10-14-26)30-24(33)34-25(2,3)4/h7-8,11-12,16,22,27H,5-6,9-10,13-15,17H2,1-4H3,(H,28,32)(H,29,31)(H,30,33). The van der Waals surface area contributed by atoms with Gasteiger partial charge in [-0.1, -0.05) is 43.9 Å². The van der Waals surface area contributed by atoms with Crippen molar-refractivity contribution in [3.8, 4) is 0 Å². The number of ether oxygens (including phenoxy) is 1. The van der Waals surface area contributed by atoms with E-state index in [1.807, 2.05) is 51.2 Å². The molecule has 1 heterocycles. The predicted molar refractivity (Wildman–Crippen MR) is 132 cm³/mol. The fourth-order valence-corrected chi connectivity index (χ4v) is 4.63. The van der Waals surface area contributed by atoms with Crippen molar-refractivity contribution in [3.05, 3.63) is 36.0 Å². The number of benzene rings is 1. The number of aromatic nitrogens is 1. The Balaban J connectivity index is 1.72. The lowest BCUT2D eigenvalue weighted by Gasteiger charge is -2.35. The quantitative estimate of drug-likeness (QED) is 0.459. The number of nitrogens with one attached hydrogen (secondary N) is 4. The number of fused-ring (bicyclic) bond motifs is 1. The van der Waals surface area contributed by atoms with E-state index in [1.165, 1.54) is 6.92 Å². The summed E-state index contributed by atoms with van der Waals surface area (Å²) in [4.78, 5) is 40.9. The van der Waals surface area contributed by atoms with Crippen LogP contribution in [0.5, 0.6) is 0 Å². The van der Waals surface area contributed by atoms with Gasteiger partial charge in [0.15, 0.2) is 0 Å². The van der Waals surface area contributed by atoms with Gasteiger partial charge in [-0.25, -0.2) is 4.79 Å². The number of para-hydroxylation sites is 1. The van der Waals surface area contributed by atoms with Crippen LogP contribution in [0.25, 0.3) is 10.9 Å². The van der Waals surface area contributed by atoms with Gasteiger partial charge in [0.2, 0.25) is 11.8 Å². The lowest BCUT2D eigenvalue weighted by Crippen LogP contribution is -2.58. The SMILES string of the molecule is CC(=O)NC(Cc1c[nH]c2ccccc12)C(=O)NCC1(NC(=O)OC(C)(C)C)CCCCCC1. The molecule has 0 bridgehead atoms. The highest BCUT2D eigenvalue weighted by atomic mass is 16.6. The molecule has 0 saturated heterocycles. The molecule has 0 aliphatic heterocycles. The van der Waals surface area contributed by atoms with Crippen molar-refractivity contribution in [3.63, 3.8) is 0 Å². The van der Waals surface area contributed by atoms with Crippen LogP contribution in [-0.4, -0.2) is 46.6 Å². The van der Waals surface area contributed by atoms with Gasteiger partial charge in [0.05, 0.1) is 5.54 Å². The number of hydrogen-bond donors (Lipinski definition) is 4. The Kier molecular flexibility index (Phi) is 8.23. The number of aromatic amines is 1. The Morgan fingerprint density at radius 2 is 1.76 bits per heavy atom. The molecular formula is C26H38N4O4. The summed E-state index contributed by atoms with van der Waals surface area (Å²) in [5.41, 5.74) is 0.768. The fourth-order valence-electron chi connectivity index (χ4n) is 4.63. The Labute approximate surface area is 201 Å². The van der Waals surface area contributed by atoms with Gasteiger partial charge in [0, 0.05) is 37.0 Å². The number of carbonyl (C=O) groups is 3. The Hall–Kier alpha value is -3.03. The van der Waals surface area contributed by atoms with Gasteiger partial charge in [0.1, 0.15) is 11.6 Å². The second-order valence-electron chi connectivity index (χ2n) is 10.4. The van der Waals surface area contributed by atoms with Gasteiger partial charge in [0.25, 0.3) is 0 Å². The van der Waals surface area contributed by atoms with Gasteiger partial charge in [-0.2, -0.15) is 0 Å². The maximum atomic E-state index is 13.2. The van der Waals surface area contributed by atoms with E-state index in [2.05, 4.69) is 20.9 Å². The zero-order valence-corrected chi connectivity index (χ0v) is 20.8. The zero-order chi connectivity index (χ0) is 24.8. The summed E-state index contributed by atoms with van der Waals surface area (Å²) in [6.07, 6.45) is 7.43. The molecule has 1 aliphatic carbocycles. The van der Waals surface area contributed by atoms with Gasteiger partial charge in [-0.3, -0.25) is 9.59 Å². The highest BCUT2D eigenvalue weighted by Crippen LogP contribution is 2.27. The molecule has 1 aliphatic rings. The average molecular weight is 471 g/mol. The van der Waals surface area contributed by atoms with Crippen LogP contribution >= 0.6 is 0 Å². The summed E-state index contributed by atoms with van der Waals surface area (Å²) in [5, 5.41) is 9.90. The molecule has 2 aromatic rings. The number of amides is 3. The topological polar surface area (TPSA) is 112 Å². The molecule has 0 spiro atoms. The Morgan fingerprint density at radius 1 is 1.09 bits per heavy atom. The van der Waals surface area contributed by atoms with E-state index in [0.29, 0.717) is 6.42 Å². The van der Waals surface area contributed by atoms with Gasteiger partial charge in [-0.15, -0.1) is 0 Å². The molecule has 4 N–H and O–H groups in total. The average Bonchev–Trinajstić information content (AvgIpc) is 3.00. The highest BCUT2D eigenvalue weighted by molar-refractivity contribution is 5.89. The zero-order valence-electron chi connectivity index (χ0n) is 20.8. The second-order valence-corrected chi connectivity index (χ2v) is 10.4. The normalized spacial score (nSPS) is 16.8. The molecule has 0 radical (unpaired) electrons. The third-order valence-corrected chi connectivity index (χ3v) is 6.22. The highest BCUT2D eigenvalue weighted by Gasteiger charge is 2.35. The van der Waals surface area contributed by atoms with E-state index < -0.39 is 23.3 Å². The summed E-state index contributed by atoms with van der Waals surface area (Å²) in [6.45, 7) is 7.19. The predicted octanol–water partition coefficient (Wildman–Crippen LogP) is 3.95. The van der Waals surface area contributed by atoms with Crippen molar-refractivity contribution >= 4 is 28.8 Å². The lowest BCUT2D eigenvalue weighted by atomic mass is 9.90. The first-order chi connectivity index (χ1) is 16.1. The molecule has 1 saturated carbocycles. The van der Waals surface area contributed by atoms with Crippen molar-refractivity contribution in [2.45, 2.75) is 89.8 Å². The second kappa shape index (κ2) is 10.9. The molecule has 3 amide bonds. The van der Waals surface area contributed by atoms with Crippen molar-refractivity contribution in [1.82, 2.24) is 20.9 Å². The molecule has 1 unspecified atom stereocenters. The molecular weight excluding hydrogens is 432 g/mol. The number of hydrogen-bond acceptors (Lipinski definition) is 4. The number of H-pyrrole nitrogens is 1. The van der Waals surface area contributed by atoms with Crippen LogP contribution in [0.15, 0.2) is 30.5 Å². The van der Waals surface area contributed by atoms with Gasteiger partial charge in [-0.05, 0) is 45.2 Å².